The van der Waals surface area contributed by atoms with Crippen molar-refractivity contribution in [3.8, 4) is 11.5 Å². The molecule has 0 radical (unpaired) electrons. The van der Waals surface area contributed by atoms with Crippen molar-refractivity contribution >= 4 is 18.3 Å². The Hall–Kier alpha value is -1.72. The number of ether oxygens (including phenoxy) is 2. The molecule has 5 nitrogen and oxygen atoms in total. The number of allylic oxidation sites excluding steroid dienone is 1. The van der Waals surface area contributed by atoms with E-state index in [1.54, 1.807) is 20.3 Å². The van der Waals surface area contributed by atoms with Crippen molar-refractivity contribution in [1.29, 1.82) is 0 Å². The second kappa shape index (κ2) is 7.51. The van der Waals surface area contributed by atoms with Crippen molar-refractivity contribution in [2.75, 3.05) is 14.2 Å². The molecule has 1 aromatic carbocycles. The maximum Gasteiger partial charge on any atom is 0.240 e. The van der Waals surface area contributed by atoms with Gasteiger partial charge in [0.1, 0.15) is 0 Å². The van der Waals surface area contributed by atoms with Gasteiger partial charge in [-0.3, -0.25) is 4.79 Å². The van der Waals surface area contributed by atoms with Crippen LogP contribution in [0.4, 0.5) is 0 Å². The fourth-order valence-electron chi connectivity index (χ4n) is 2.24. The summed E-state index contributed by atoms with van der Waals surface area (Å²) < 4.78 is 10.7. The molecule has 0 spiro atoms. The fourth-order valence-corrected chi connectivity index (χ4v) is 2.24. The van der Waals surface area contributed by atoms with E-state index in [0.717, 1.165) is 24.0 Å². The molecule has 122 valence electrons. The van der Waals surface area contributed by atoms with Crippen LogP contribution in [0.25, 0.3) is 0 Å². The van der Waals surface area contributed by atoms with Gasteiger partial charge in [0, 0.05) is 12.1 Å². The molecule has 0 bridgehead atoms. The molecular weight excluding hydrogens is 304 g/mol. The molecule has 0 unspecified atom stereocenters. The monoisotopic (exact) mass is 326 g/mol. The standard InChI is InChI=1S/C16H22N2O3.ClH/c1-4-5-12-8-11(9-13(20-2)14(12)21-3)10-18-15(19)16(17)6-7-16;/h4,8-9H,1,5-7,10,17H2,2-3H3,(H,18,19);1H. The second-order valence-corrected chi connectivity index (χ2v) is 5.32. The van der Waals surface area contributed by atoms with Gasteiger partial charge in [0.2, 0.25) is 5.91 Å². The van der Waals surface area contributed by atoms with Crippen LogP contribution in [0.2, 0.25) is 0 Å². The number of carbonyl (C=O) groups is 1. The van der Waals surface area contributed by atoms with Gasteiger partial charge in [-0.2, -0.15) is 0 Å². The molecule has 1 saturated carbocycles. The van der Waals surface area contributed by atoms with E-state index >= 15 is 0 Å². The molecule has 1 amide bonds. The van der Waals surface area contributed by atoms with Crippen LogP contribution in [0, 0.1) is 0 Å². The summed E-state index contributed by atoms with van der Waals surface area (Å²) in [6.07, 6.45) is 3.99. The largest absolute Gasteiger partial charge is 0.493 e. The Morgan fingerprint density at radius 1 is 1.41 bits per heavy atom. The number of hydrogen-bond acceptors (Lipinski definition) is 4. The Kier molecular flexibility index (Phi) is 6.26. The van der Waals surface area contributed by atoms with E-state index in [1.807, 2.05) is 12.1 Å². The third-order valence-corrected chi connectivity index (χ3v) is 3.67. The lowest BCUT2D eigenvalue weighted by Crippen LogP contribution is -2.42. The SMILES string of the molecule is C=CCc1cc(CNC(=O)C2(N)CC2)cc(OC)c1OC.Cl. The van der Waals surface area contributed by atoms with Crippen LogP contribution in [-0.4, -0.2) is 25.7 Å². The summed E-state index contributed by atoms with van der Waals surface area (Å²) >= 11 is 0. The zero-order chi connectivity index (χ0) is 15.5. The number of methoxy groups -OCH3 is 2. The first-order valence-electron chi connectivity index (χ1n) is 6.96. The third-order valence-electron chi connectivity index (χ3n) is 3.67. The molecule has 0 saturated heterocycles. The normalized spacial score (nSPS) is 14.5. The molecule has 0 aliphatic heterocycles. The lowest BCUT2D eigenvalue weighted by atomic mass is 10.1. The highest BCUT2D eigenvalue weighted by atomic mass is 35.5. The number of hydrogen-bond donors (Lipinski definition) is 2. The van der Waals surface area contributed by atoms with Crippen molar-refractivity contribution in [3.63, 3.8) is 0 Å². The predicted molar refractivity (Wildman–Crippen MR) is 88.7 cm³/mol. The topological polar surface area (TPSA) is 73.6 Å². The summed E-state index contributed by atoms with van der Waals surface area (Å²) in [7, 11) is 3.20. The first-order valence-corrected chi connectivity index (χ1v) is 6.96. The highest BCUT2D eigenvalue weighted by Gasteiger charge is 2.45. The molecule has 2 rings (SSSR count). The molecule has 22 heavy (non-hydrogen) atoms. The van der Waals surface area contributed by atoms with E-state index in [9.17, 15) is 4.79 Å². The van der Waals surface area contributed by atoms with Gasteiger partial charge in [-0.25, -0.2) is 0 Å². The smallest absolute Gasteiger partial charge is 0.240 e. The predicted octanol–water partition coefficient (Wildman–Crippen LogP) is 1.96. The lowest BCUT2D eigenvalue weighted by Gasteiger charge is -2.15. The Morgan fingerprint density at radius 3 is 2.59 bits per heavy atom. The van der Waals surface area contributed by atoms with Crippen molar-refractivity contribution in [2.24, 2.45) is 5.73 Å². The summed E-state index contributed by atoms with van der Waals surface area (Å²) in [5.41, 5.74) is 7.13. The van der Waals surface area contributed by atoms with Crippen molar-refractivity contribution < 1.29 is 14.3 Å². The van der Waals surface area contributed by atoms with E-state index in [4.69, 9.17) is 15.2 Å². The Balaban J connectivity index is 0.00000242. The molecule has 0 aromatic heterocycles. The van der Waals surface area contributed by atoms with E-state index < -0.39 is 5.54 Å². The minimum Gasteiger partial charge on any atom is -0.493 e. The van der Waals surface area contributed by atoms with Crippen molar-refractivity contribution in [2.45, 2.75) is 31.3 Å². The summed E-state index contributed by atoms with van der Waals surface area (Å²) in [6.45, 7) is 4.17. The molecule has 1 fully saturated rings. The number of amides is 1. The molecule has 1 aliphatic carbocycles. The minimum absolute atomic E-state index is 0. The quantitative estimate of drug-likeness (QED) is 0.751. The van der Waals surface area contributed by atoms with Gasteiger partial charge >= 0.3 is 0 Å². The zero-order valence-corrected chi connectivity index (χ0v) is 13.8. The van der Waals surface area contributed by atoms with Crippen LogP contribution in [0.15, 0.2) is 24.8 Å². The van der Waals surface area contributed by atoms with E-state index in [-0.39, 0.29) is 18.3 Å². The van der Waals surface area contributed by atoms with Gasteiger partial charge < -0.3 is 20.5 Å². The molecule has 3 N–H and O–H groups in total. The van der Waals surface area contributed by atoms with Gasteiger partial charge in [-0.1, -0.05) is 6.08 Å². The average Bonchev–Trinajstić information content (AvgIpc) is 3.23. The first kappa shape index (κ1) is 18.3. The molecule has 6 heteroatoms. The van der Waals surface area contributed by atoms with E-state index in [0.29, 0.717) is 24.5 Å². The summed E-state index contributed by atoms with van der Waals surface area (Å²) in [5, 5.41) is 2.87. The van der Waals surface area contributed by atoms with Crippen LogP contribution in [0.3, 0.4) is 0 Å². The highest BCUT2D eigenvalue weighted by molar-refractivity contribution is 5.88. The number of rotatable bonds is 7. The minimum atomic E-state index is -0.652. The zero-order valence-electron chi connectivity index (χ0n) is 13.0. The maximum absolute atomic E-state index is 11.9. The Bertz CT molecular complexity index is 557. The number of nitrogens with two attached hydrogens (primary N) is 1. The van der Waals surface area contributed by atoms with Crippen LogP contribution < -0.4 is 20.5 Å². The highest BCUT2D eigenvalue weighted by Crippen LogP contribution is 2.34. The maximum atomic E-state index is 11.9. The number of benzene rings is 1. The van der Waals surface area contributed by atoms with Crippen LogP contribution in [0.1, 0.15) is 24.0 Å². The molecule has 0 atom stereocenters. The van der Waals surface area contributed by atoms with Crippen LogP contribution in [0.5, 0.6) is 11.5 Å². The molecule has 0 heterocycles. The fraction of sp³-hybridized carbons (Fsp3) is 0.438. The van der Waals surface area contributed by atoms with Gasteiger partial charge in [0.15, 0.2) is 11.5 Å². The molecular formula is C16H23ClN2O3. The van der Waals surface area contributed by atoms with Crippen molar-refractivity contribution in [1.82, 2.24) is 5.32 Å². The molecule has 1 aliphatic rings. The summed E-state index contributed by atoms with van der Waals surface area (Å²) in [6, 6.07) is 3.85. The van der Waals surface area contributed by atoms with Gasteiger partial charge in [0.05, 0.1) is 19.8 Å². The Morgan fingerprint density at radius 2 is 2.09 bits per heavy atom. The number of halogens is 1. The Labute approximate surface area is 137 Å². The number of carbonyl (C=O) groups excluding carboxylic acids is 1. The average molecular weight is 327 g/mol. The van der Waals surface area contributed by atoms with Gasteiger partial charge in [0.25, 0.3) is 0 Å². The van der Waals surface area contributed by atoms with E-state index in [1.165, 1.54) is 0 Å². The summed E-state index contributed by atoms with van der Waals surface area (Å²) in [5.74, 6) is 1.25. The van der Waals surface area contributed by atoms with Gasteiger partial charge in [-0.05, 0) is 37.0 Å². The van der Waals surface area contributed by atoms with Crippen molar-refractivity contribution in [3.05, 3.63) is 35.9 Å². The number of nitrogens with one attached hydrogen (secondary N) is 1. The van der Waals surface area contributed by atoms with E-state index in [2.05, 4.69) is 11.9 Å². The van der Waals surface area contributed by atoms with Crippen LogP contribution >= 0.6 is 12.4 Å². The van der Waals surface area contributed by atoms with Crippen LogP contribution in [-0.2, 0) is 17.8 Å². The second-order valence-electron chi connectivity index (χ2n) is 5.32. The molecule has 1 aromatic rings. The lowest BCUT2D eigenvalue weighted by molar-refractivity contribution is -0.123. The first-order chi connectivity index (χ1) is 10.0. The summed E-state index contributed by atoms with van der Waals surface area (Å²) in [4.78, 5) is 11.9. The third kappa shape index (κ3) is 3.93. The van der Waals surface area contributed by atoms with Gasteiger partial charge in [-0.15, -0.1) is 19.0 Å².